The third-order valence-electron chi connectivity index (χ3n) is 1.52. The summed E-state index contributed by atoms with van der Waals surface area (Å²) in [7, 11) is 1.79. The van der Waals surface area contributed by atoms with Crippen LogP contribution in [0.25, 0.3) is 0 Å². The Morgan fingerprint density at radius 1 is 1.78 bits per heavy atom. The summed E-state index contributed by atoms with van der Waals surface area (Å²) >= 11 is 0. The predicted octanol–water partition coefficient (Wildman–Crippen LogP) is 0.406. The second-order valence-electron chi connectivity index (χ2n) is 2.43. The van der Waals surface area contributed by atoms with E-state index in [9.17, 15) is 0 Å². The average Bonchev–Trinajstić information content (AvgIpc) is 1.80. The molecule has 1 rings (SSSR count). The Labute approximate surface area is 55.0 Å². The molecule has 0 spiro atoms. The normalized spacial score (nSPS) is 28.1. The lowest BCUT2D eigenvalue weighted by molar-refractivity contribution is 0.0121. The Morgan fingerprint density at radius 2 is 2.44 bits per heavy atom. The molecule has 52 valence electrons. The molecule has 0 aliphatic carbocycles. The third kappa shape index (κ3) is 1.42. The Kier molecular flexibility index (Phi) is 1.71. The third-order valence-corrected chi connectivity index (χ3v) is 1.52. The molecule has 1 heterocycles. The van der Waals surface area contributed by atoms with Crippen molar-refractivity contribution < 1.29 is 5.11 Å². The van der Waals surface area contributed by atoms with Crippen molar-refractivity contribution >= 4 is 5.71 Å². The van der Waals surface area contributed by atoms with Gasteiger partial charge in [-0.3, -0.25) is 5.01 Å². The molecule has 1 N–H and O–H groups in total. The van der Waals surface area contributed by atoms with Crippen LogP contribution in [-0.4, -0.2) is 29.1 Å². The number of aliphatic hydroxyl groups excluding tert-OH is 1. The van der Waals surface area contributed by atoms with E-state index >= 15 is 0 Å². The Hall–Kier alpha value is -0.570. The summed E-state index contributed by atoms with van der Waals surface area (Å²) in [5.41, 5.74) is 1.10. The summed E-state index contributed by atoms with van der Waals surface area (Å²) < 4.78 is 0. The zero-order valence-electron chi connectivity index (χ0n) is 5.83. The molecule has 0 aromatic rings. The maximum atomic E-state index is 9.11. The van der Waals surface area contributed by atoms with Gasteiger partial charge in [0.05, 0.1) is 0 Å². The van der Waals surface area contributed by atoms with E-state index < -0.39 is 0 Å². The predicted molar refractivity (Wildman–Crippen MR) is 36.1 cm³/mol. The number of rotatable bonds is 0. The van der Waals surface area contributed by atoms with Gasteiger partial charge in [-0.15, -0.1) is 0 Å². The van der Waals surface area contributed by atoms with Gasteiger partial charge in [-0.25, -0.2) is 0 Å². The molecule has 1 unspecified atom stereocenters. The first-order valence-corrected chi connectivity index (χ1v) is 3.15. The zero-order valence-corrected chi connectivity index (χ0v) is 5.83. The van der Waals surface area contributed by atoms with E-state index in [-0.39, 0.29) is 6.23 Å². The average molecular weight is 128 g/mol. The lowest BCUT2D eigenvalue weighted by Gasteiger charge is -2.25. The summed E-state index contributed by atoms with van der Waals surface area (Å²) in [6.45, 7) is 1.97. The van der Waals surface area contributed by atoms with Crippen molar-refractivity contribution in [3.05, 3.63) is 0 Å². The molecular weight excluding hydrogens is 116 g/mol. The van der Waals surface area contributed by atoms with Crippen molar-refractivity contribution in [1.29, 1.82) is 0 Å². The molecule has 0 saturated heterocycles. The molecule has 9 heavy (non-hydrogen) atoms. The van der Waals surface area contributed by atoms with Crippen LogP contribution in [-0.2, 0) is 0 Å². The zero-order chi connectivity index (χ0) is 6.85. The van der Waals surface area contributed by atoms with E-state index in [2.05, 4.69) is 5.10 Å². The van der Waals surface area contributed by atoms with Gasteiger partial charge in [0.2, 0.25) is 0 Å². The van der Waals surface area contributed by atoms with Gasteiger partial charge >= 0.3 is 0 Å². The van der Waals surface area contributed by atoms with E-state index in [1.54, 1.807) is 12.1 Å². The largest absolute Gasteiger partial charge is 0.372 e. The van der Waals surface area contributed by atoms with Crippen molar-refractivity contribution in [2.75, 3.05) is 7.05 Å². The van der Waals surface area contributed by atoms with Gasteiger partial charge in [0.15, 0.2) is 0 Å². The minimum Gasteiger partial charge on any atom is -0.372 e. The Morgan fingerprint density at radius 3 is 2.89 bits per heavy atom. The van der Waals surface area contributed by atoms with Crippen molar-refractivity contribution in [3.8, 4) is 0 Å². The molecule has 0 saturated carbocycles. The highest BCUT2D eigenvalue weighted by atomic mass is 16.3. The van der Waals surface area contributed by atoms with Crippen LogP contribution in [0.5, 0.6) is 0 Å². The first-order valence-electron chi connectivity index (χ1n) is 3.15. The molecule has 0 aromatic carbocycles. The molecular formula is C6H12N2O. The fraction of sp³-hybridized carbons (Fsp3) is 0.833. The molecule has 1 aliphatic rings. The van der Waals surface area contributed by atoms with Gasteiger partial charge in [-0.05, 0) is 19.8 Å². The van der Waals surface area contributed by atoms with E-state index in [1.807, 2.05) is 6.92 Å². The van der Waals surface area contributed by atoms with Crippen molar-refractivity contribution in [1.82, 2.24) is 5.01 Å². The smallest absolute Gasteiger partial charge is 0.142 e. The minimum atomic E-state index is -0.367. The van der Waals surface area contributed by atoms with Crippen LogP contribution < -0.4 is 0 Å². The molecule has 1 aliphatic heterocycles. The maximum absolute atomic E-state index is 9.11. The molecule has 1 atom stereocenters. The van der Waals surface area contributed by atoms with Crippen molar-refractivity contribution in [3.63, 3.8) is 0 Å². The van der Waals surface area contributed by atoms with Crippen molar-refractivity contribution in [2.24, 2.45) is 5.10 Å². The standard InChI is InChI=1S/C6H12N2O/c1-5-3-4-6(9)8(2)7-5/h6,9H,3-4H2,1-2H3. The number of aliphatic hydroxyl groups is 1. The van der Waals surface area contributed by atoms with Crippen LogP contribution in [0.2, 0.25) is 0 Å². The van der Waals surface area contributed by atoms with Gasteiger partial charge in [-0.2, -0.15) is 5.10 Å². The summed E-state index contributed by atoms with van der Waals surface area (Å²) in [6.07, 6.45) is 1.37. The number of hydrogen-bond donors (Lipinski definition) is 1. The van der Waals surface area contributed by atoms with Gasteiger partial charge in [-0.1, -0.05) is 0 Å². The second kappa shape index (κ2) is 2.35. The fourth-order valence-corrected chi connectivity index (χ4v) is 0.911. The topological polar surface area (TPSA) is 35.8 Å². The van der Waals surface area contributed by atoms with Crippen molar-refractivity contribution in [2.45, 2.75) is 26.0 Å². The molecule has 3 nitrogen and oxygen atoms in total. The number of hydrogen-bond acceptors (Lipinski definition) is 3. The number of hydrazone groups is 1. The lowest BCUT2D eigenvalue weighted by Crippen LogP contribution is -2.31. The quantitative estimate of drug-likeness (QED) is 0.512. The van der Waals surface area contributed by atoms with E-state index in [0.717, 1.165) is 18.6 Å². The van der Waals surface area contributed by atoms with Gasteiger partial charge in [0.25, 0.3) is 0 Å². The molecule has 3 heteroatoms. The Balaban J connectivity index is 2.58. The molecule has 0 aromatic heterocycles. The molecule has 0 bridgehead atoms. The molecule has 0 radical (unpaired) electrons. The van der Waals surface area contributed by atoms with Crippen LogP contribution in [0.1, 0.15) is 19.8 Å². The van der Waals surface area contributed by atoms with E-state index in [1.165, 1.54) is 0 Å². The van der Waals surface area contributed by atoms with Crippen LogP contribution in [0.3, 0.4) is 0 Å². The highest BCUT2D eigenvalue weighted by Crippen LogP contribution is 2.09. The van der Waals surface area contributed by atoms with Gasteiger partial charge < -0.3 is 5.11 Å². The summed E-state index contributed by atoms with van der Waals surface area (Å²) in [6, 6.07) is 0. The van der Waals surface area contributed by atoms with Crippen LogP contribution in [0.15, 0.2) is 5.10 Å². The first-order chi connectivity index (χ1) is 4.20. The Bertz CT molecular complexity index is 133. The van der Waals surface area contributed by atoms with Gasteiger partial charge in [0, 0.05) is 12.8 Å². The SMILES string of the molecule is CC1=NN(C)C(O)CC1. The number of nitrogens with zero attached hydrogens (tertiary/aromatic N) is 2. The molecule has 0 fully saturated rings. The lowest BCUT2D eigenvalue weighted by atomic mass is 10.2. The summed E-state index contributed by atoms with van der Waals surface area (Å²) in [4.78, 5) is 0. The van der Waals surface area contributed by atoms with E-state index in [4.69, 9.17) is 5.11 Å². The van der Waals surface area contributed by atoms with Crippen LogP contribution in [0.4, 0.5) is 0 Å². The molecule has 0 amide bonds. The fourth-order valence-electron chi connectivity index (χ4n) is 0.911. The van der Waals surface area contributed by atoms with E-state index in [0.29, 0.717) is 0 Å². The monoisotopic (exact) mass is 128 g/mol. The summed E-state index contributed by atoms with van der Waals surface area (Å²) in [5, 5.41) is 14.8. The minimum absolute atomic E-state index is 0.367. The van der Waals surface area contributed by atoms with Gasteiger partial charge in [0.1, 0.15) is 6.23 Å². The first kappa shape index (κ1) is 6.55. The maximum Gasteiger partial charge on any atom is 0.142 e. The van der Waals surface area contributed by atoms with Crippen LogP contribution >= 0.6 is 0 Å². The highest BCUT2D eigenvalue weighted by molar-refractivity contribution is 5.82. The highest BCUT2D eigenvalue weighted by Gasteiger charge is 2.13. The second-order valence-corrected chi connectivity index (χ2v) is 2.43. The van der Waals surface area contributed by atoms with Crippen LogP contribution in [0, 0.1) is 0 Å². The summed E-state index contributed by atoms with van der Waals surface area (Å²) in [5.74, 6) is 0.